The van der Waals surface area contributed by atoms with Crippen molar-refractivity contribution < 1.29 is 24.2 Å². The molecular weight excluding hydrogens is 432 g/mol. The average Bonchev–Trinajstić information content (AvgIpc) is 3.15. The van der Waals surface area contributed by atoms with Crippen LogP contribution < -0.4 is 10.6 Å². The van der Waals surface area contributed by atoms with Crippen LogP contribution in [0.2, 0.25) is 0 Å². The maximum atomic E-state index is 13.1. The highest BCUT2D eigenvalue weighted by atomic mass is 16.5. The molecule has 0 radical (unpaired) electrons. The van der Waals surface area contributed by atoms with Gasteiger partial charge in [-0.25, -0.2) is 4.79 Å². The third-order valence-corrected chi connectivity index (χ3v) is 7.10. The first-order valence-corrected chi connectivity index (χ1v) is 11.9. The van der Waals surface area contributed by atoms with E-state index in [0.29, 0.717) is 12.8 Å². The number of carbonyl (C=O) groups is 3. The number of rotatable bonds is 7. The van der Waals surface area contributed by atoms with E-state index in [2.05, 4.69) is 34.9 Å². The molecule has 3 N–H and O–H groups in total. The predicted molar refractivity (Wildman–Crippen MR) is 128 cm³/mol. The molecule has 4 rings (SSSR count). The molecule has 2 aliphatic rings. The van der Waals surface area contributed by atoms with Gasteiger partial charge in [-0.05, 0) is 48.9 Å². The maximum absolute atomic E-state index is 13.1. The number of benzene rings is 2. The van der Waals surface area contributed by atoms with Gasteiger partial charge in [0.2, 0.25) is 5.91 Å². The van der Waals surface area contributed by atoms with Gasteiger partial charge in [0.1, 0.15) is 12.1 Å². The molecule has 0 spiro atoms. The third-order valence-electron chi connectivity index (χ3n) is 7.10. The van der Waals surface area contributed by atoms with Crippen LogP contribution in [0.15, 0.2) is 48.5 Å². The number of hydrogen-bond donors (Lipinski definition) is 3. The minimum atomic E-state index is -1.10. The van der Waals surface area contributed by atoms with Crippen LogP contribution >= 0.6 is 0 Å². The molecule has 1 saturated carbocycles. The molecule has 0 unspecified atom stereocenters. The molecule has 0 bridgehead atoms. The molecule has 7 heteroatoms. The molecule has 0 saturated heterocycles. The maximum Gasteiger partial charge on any atom is 0.408 e. The first-order valence-electron chi connectivity index (χ1n) is 11.9. The van der Waals surface area contributed by atoms with Crippen molar-refractivity contribution in [1.29, 1.82) is 0 Å². The standard InChI is InChI=1S/C27H32N2O5/c1-26(2,24(31)32)17-28-23(30)27(14-8-3-9-15-27)29-25(33)34-16-22-20-12-6-4-10-18(20)19-11-5-7-13-21(19)22/h4-7,10-13,22H,3,8-9,14-17H2,1-2H3,(H,28,30)(H,29,33)(H,31,32). The fourth-order valence-corrected chi connectivity index (χ4v) is 4.94. The molecule has 0 heterocycles. The highest BCUT2D eigenvalue weighted by Gasteiger charge is 2.42. The Morgan fingerprint density at radius 1 is 0.971 bits per heavy atom. The summed E-state index contributed by atoms with van der Waals surface area (Å²) in [6, 6.07) is 16.2. The summed E-state index contributed by atoms with van der Waals surface area (Å²) in [7, 11) is 0. The zero-order chi connectivity index (χ0) is 24.3. The van der Waals surface area contributed by atoms with Gasteiger partial charge in [0, 0.05) is 12.5 Å². The number of nitrogens with one attached hydrogen (secondary N) is 2. The Morgan fingerprint density at radius 3 is 2.09 bits per heavy atom. The molecule has 2 aromatic rings. The molecule has 0 aromatic heterocycles. The number of carboxylic acids is 1. The van der Waals surface area contributed by atoms with Gasteiger partial charge in [0.15, 0.2) is 0 Å². The average molecular weight is 465 g/mol. The van der Waals surface area contributed by atoms with Gasteiger partial charge in [0.05, 0.1) is 5.41 Å². The fraction of sp³-hybridized carbons (Fsp3) is 0.444. The predicted octanol–water partition coefficient (Wildman–Crippen LogP) is 4.46. The summed E-state index contributed by atoms with van der Waals surface area (Å²) in [5, 5.41) is 14.9. The summed E-state index contributed by atoms with van der Waals surface area (Å²) in [4.78, 5) is 37.5. The van der Waals surface area contributed by atoms with E-state index in [1.54, 1.807) is 13.8 Å². The number of amides is 2. The highest BCUT2D eigenvalue weighted by molar-refractivity contribution is 5.90. The van der Waals surface area contributed by atoms with Crippen molar-refractivity contribution in [2.45, 2.75) is 57.4 Å². The van der Waals surface area contributed by atoms with Crippen molar-refractivity contribution in [3.05, 3.63) is 59.7 Å². The number of aliphatic carboxylic acids is 1. The monoisotopic (exact) mass is 464 g/mol. The van der Waals surface area contributed by atoms with Gasteiger partial charge in [-0.15, -0.1) is 0 Å². The lowest BCUT2D eigenvalue weighted by molar-refractivity contribution is -0.147. The zero-order valence-electron chi connectivity index (χ0n) is 19.7. The summed E-state index contributed by atoms with van der Waals surface area (Å²) in [6.45, 7) is 3.27. The molecule has 0 aliphatic heterocycles. The lowest BCUT2D eigenvalue weighted by atomic mass is 9.80. The number of fused-ring (bicyclic) bond motifs is 3. The smallest absolute Gasteiger partial charge is 0.408 e. The molecule has 180 valence electrons. The Bertz CT molecular complexity index is 1040. The van der Waals surface area contributed by atoms with Crippen LogP contribution in [0, 0.1) is 5.41 Å². The summed E-state index contributed by atoms with van der Waals surface area (Å²) >= 11 is 0. The van der Waals surface area contributed by atoms with E-state index in [9.17, 15) is 19.5 Å². The summed E-state index contributed by atoms with van der Waals surface area (Å²) in [5.41, 5.74) is 2.35. The number of carboxylic acid groups (broad SMARTS) is 1. The number of alkyl carbamates (subject to hydrolysis) is 1. The quantitative estimate of drug-likeness (QED) is 0.561. The van der Waals surface area contributed by atoms with Crippen LogP contribution in [0.5, 0.6) is 0 Å². The van der Waals surface area contributed by atoms with E-state index in [-0.39, 0.29) is 25.0 Å². The van der Waals surface area contributed by atoms with E-state index >= 15 is 0 Å². The molecule has 7 nitrogen and oxygen atoms in total. The summed E-state index contributed by atoms with van der Waals surface area (Å²) in [5.74, 6) is -1.41. The Labute approximate surface area is 199 Å². The second-order valence-electron chi connectivity index (χ2n) is 9.97. The van der Waals surface area contributed by atoms with Crippen molar-refractivity contribution >= 4 is 18.0 Å². The van der Waals surface area contributed by atoms with Crippen LogP contribution in [0.25, 0.3) is 11.1 Å². The molecule has 2 aromatic carbocycles. The van der Waals surface area contributed by atoms with Gasteiger partial charge in [-0.1, -0.05) is 67.8 Å². The minimum absolute atomic E-state index is 0.0186. The highest BCUT2D eigenvalue weighted by Crippen LogP contribution is 2.44. The lowest BCUT2D eigenvalue weighted by Crippen LogP contribution is -2.61. The van der Waals surface area contributed by atoms with Crippen molar-refractivity contribution in [3.8, 4) is 11.1 Å². The second kappa shape index (κ2) is 9.49. The Balaban J connectivity index is 1.44. The van der Waals surface area contributed by atoms with Gasteiger partial charge in [0.25, 0.3) is 0 Å². The first-order chi connectivity index (χ1) is 16.2. The van der Waals surface area contributed by atoms with Gasteiger partial charge in [-0.2, -0.15) is 0 Å². The molecular formula is C27H32N2O5. The van der Waals surface area contributed by atoms with Gasteiger partial charge in [-0.3, -0.25) is 9.59 Å². The van der Waals surface area contributed by atoms with E-state index < -0.39 is 23.0 Å². The van der Waals surface area contributed by atoms with Crippen LogP contribution in [-0.2, 0) is 14.3 Å². The topological polar surface area (TPSA) is 105 Å². The minimum Gasteiger partial charge on any atom is -0.481 e. The normalized spacial score (nSPS) is 16.8. The van der Waals surface area contributed by atoms with Crippen LogP contribution in [0.4, 0.5) is 4.79 Å². The van der Waals surface area contributed by atoms with Crippen molar-refractivity contribution in [3.63, 3.8) is 0 Å². The van der Waals surface area contributed by atoms with Crippen LogP contribution in [0.3, 0.4) is 0 Å². The van der Waals surface area contributed by atoms with E-state index in [1.807, 2.05) is 24.3 Å². The Hall–Kier alpha value is -3.35. The summed E-state index contributed by atoms with van der Waals surface area (Å²) < 4.78 is 5.68. The van der Waals surface area contributed by atoms with Crippen LogP contribution in [0.1, 0.15) is 63.0 Å². The molecule has 0 atom stereocenters. The first kappa shape index (κ1) is 23.8. The SMILES string of the molecule is CC(C)(CNC(=O)C1(NC(=O)OCC2c3ccccc3-c3ccccc32)CCCCC1)C(=O)O. The lowest BCUT2D eigenvalue weighted by Gasteiger charge is -2.37. The summed E-state index contributed by atoms with van der Waals surface area (Å²) in [6.07, 6.45) is 2.96. The molecule has 1 fully saturated rings. The van der Waals surface area contributed by atoms with Crippen LogP contribution in [-0.4, -0.2) is 41.8 Å². The van der Waals surface area contributed by atoms with Crippen molar-refractivity contribution in [1.82, 2.24) is 10.6 Å². The van der Waals surface area contributed by atoms with Crippen molar-refractivity contribution in [2.75, 3.05) is 13.2 Å². The Morgan fingerprint density at radius 2 is 1.53 bits per heavy atom. The van der Waals surface area contributed by atoms with E-state index in [1.165, 1.54) is 0 Å². The largest absolute Gasteiger partial charge is 0.481 e. The Kier molecular flexibility index (Phi) is 6.64. The fourth-order valence-electron chi connectivity index (χ4n) is 4.94. The van der Waals surface area contributed by atoms with Gasteiger partial charge < -0.3 is 20.5 Å². The van der Waals surface area contributed by atoms with E-state index in [0.717, 1.165) is 41.5 Å². The van der Waals surface area contributed by atoms with Gasteiger partial charge >= 0.3 is 12.1 Å². The zero-order valence-corrected chi connectivity index (χ0v) is 19.7. The van der Waals surface area contributed by atoms with Crippen molar-refractivity contribution in [2.24, 2.45) is 5.41 Å². The molecule has 2 amide bonds. The molecule has 2 aliphatic carbocycles. The number of ether oxygens (including phenoxy) is 1. The number of carbonyl (C=O) groups excluding carboxylic acids is 2. The number of hydrogen-bond acceptors (Lipinski definition) is 4. The van der Waals surface area contributed by atoms with E-state index in [4.69, 9.17) is 4.74 Å². The third kappa shape index (κ3) is 4.65. The second-order valence-corrected chi connectivity index (χ2v) is 9.97. The molecule has 34 heavy (non-hydrogen) atoms.